The molecule has 0 aliphatic carbocycles. The Balaban J connectivity index is 2.79. The maximum Gasteiger partial charge on any atom is 0.328 e. The summed E-state index contributed by atoms with van der Waals surface area (Å²) >= 11 is 0. The normalized spacial score (nSPS) is 10.7. The van der Waals surface area contributed by atoms with Crippen molar-refractivity contribution in [3.63, 3.8) is 0 Å². The average Bonchev–Trinajstić information content (AvgIpc) is 2.55. The molecule has 6 heteroatoms. The fourth-order valence-corrected chi connectivity index (χ4v) is 2.05. The van der Waals surface area contributed by atoms with Gasteiger partial charge >= 0.3 is 5.97 Å². The van der Waals surface area contributed by atoms with Crippen LogP contribution in [-0.2, 0) is 4.79 Å². The minimum absolute atomic E-state index is 0.216. The van der Waals surface area contributed by atoms with Crippen LogP contribution in [0, 0.1) is 0 Å². The molecule has 0 atom stereocenters. The van der Waals surface area contributed by atoms with Gasteiger partial charge in [0.25, 0.3) is 0 Å². The number of hydrogen-bond acceptors (Lipinski definition) is 5. The smallest absolute Gasteiger partial charge is 0.328 e. The SMILES string of the molecule is COc1cc(C=CC(=O)O)cc(OC)c1OCCCCCCO. The second-order valence-electron chi connectivity index (χ2n) is 4.91. The fraction of sp³-hybridized carbons (Fsp3) is 0.471. The molecule has 0 saturated carbocycles. The molecule has 0 radical (unpaired) electrons. The van der Waals surface area contributed by atoms with Gasteiger partial charge in [-0.3, -0.25) is 0 Å². The van der Waals surface area contributed by atoms with Gasteiger partial charge in [-0.2, -0.15) is 0 Å². The van der Waals surface area contributed by atoms with Gasteiger partial charge in [0.2, 0.25) is 5.75 Å². The monoisotopic (exact) mass is 324 g/mol. The molecule has 1 aromatic carbocycles. The Hall–Kier alpha value is -2.21. The van der Waals surface area contributed by atoms with Crippen molar-refractivity contribution in [1.29, 1.82) is 0 Å². The Morgan fingerprint density at radius 2 is 1.70 bits per heavy atom. The number of hydrogen-bond donors (Lipinski definition) is 2. The first kappa shape index (κ1) is 18.8. The summed E-state index contributed by atoms with van der Waals surface area (Å²) in [7, 11) is 3.04. The summed E-state index contributed by atoms with van der Waals surface area (Å²) in [4.78, 5) is 10.6. The van der Waals surface area contributed by atoms with Crippen LogP contribution in [0.25, 0.3) is 6.08 Å². The molecule has 0 aliphatic heterocycles. The summed E-state index contributed by atoms with van der Waals surface area (Å²) in [5.74, 6) is 0.463. The second-order valence-corrected chi connectivity index (χ2v) is 4.91. The number of benzene rings is 1. The van der Waals surface area contributed by atoms with Crippen LogP contribution in [-0.4, -0.2) is 43.6 Å². The predicted molar refractivity (Wildman–Crippen MR) is 87.3 cm³/mol. The molecular formula is C17H24O6. The lowest BCUT2D eigenvalue weighted by molar-refractivity contribution is -0.131. The van der Waals surface area contributed by atoms with E-state index in [-0.39, 0.29) is 6.61 Å². The van der Waals surface area contributed by atoms with Gasteiger partial charge in [-0.15, -0.1) is 0 Å². The zero-order chi connectivity index (χ0) is 17.1. The molecule has 0 amide bonds. The molecule has 0 fully saturated rings. The number of carboxylic acid groups (broad SMARTS) is 1. The highest BCUT2D eigenvalue weighted by atomic mass is 16.5. The predicted octanol–water partition coefficient (Wildman–Crippen LogP) is 2.73. The highest BCUT2D eigenvalue weighted by Crippen LogP contribution is 2.39. The van der Waals surface area contributed by atoms with Crippen molar-refractivity contribution in [2.45, 2.75) is 25.7 Å². The highest BCUT2D eigenvalue weighted by molar-refractivity contribution is 5.85. The van der Waals surface area contributed by atoms with Crippen molar-refractivity contribution in [3.8, 4) is 17.2 Å². The van der Waals surface area contributed by atoms with Crippen molar-refractivity contribution in [3.05, 3.63) is 23.8 Å². The van der Waals surface area contributed by atoms with Crippen LogP contribution in [0.2, 0.25) is 0 Å². The molecule has 0 saturated heterocycles. The van der Waals surface area contributed by atoms with Crippen LogP contribution < -0.4 is 14.2 Å². The van der Waals surface area contributed by atoms with Crippen molar-refractivity contribution in [2.75, 3.05) is 27.4 Å². The minimum atomic E-state index is -1.02. The molecule has 2 N–H and O–H groups in total. The largest absolute Gasteiger partial charge is 0.493 e. The van der Waals surface area contributed by atoms with Crippen LogP contribution >= 0.6 is 0 Å². The van der Waals surface area contributed by atoms with Gasteiger partial charge in [-0.25, -0.2) is 4.79 Å². The Labute approximate surface area is 136 Å². The molecule has 6 nitrogen and oxygen atoms in total. The van der Waals surface area contributed by atoms with Crippen molar-refractivity contribution < 1.29 is 29.2 Å². The zero-order valence-corrected chi connectivity index (χ0v) is 13.6. The summed E-state index contributed by atoms with van der Waals surface area (Å²) in [6, 6.07) is 3.39. The van der Waals surface area contributed by atoms with E-state index in [0.29, 0.717) is 29.4 Å². The summed E-state index contributed by atoms with van der Waals surface area (Å²) in [6.07, 6.45) is 6.13. The summed E-state index contributed by atoms with van der Waals surface area (Å²) in [5.41, 5.74) is 0.649. The topological polar surface area (TPSA) is 85.2 Å². The van der Waals surface area contributed by atoms with E-state index >= 15 is 0 Å². The third-order valence-corrected chi connectivity index (χ3v) is 3.20. The summed E-state index contributed by atoms with van der Waals surface area (Å²) in [5, 5.41) is 17.4. The van der Waals surface area contributed by atoms with E-state index in [1.54, 1.807) is 12.1 Å². The quantitative estimate of drug-likeness (QED) is 0.481. The van der Waals surface area contributed by atoms with Crippen LogP contribution in [0.15, 0.2) is 18.2 Å². The number of aliphatic hydroxyl groups is 1. The van der Waals surface area contributed by atoms with Gasteiger partial charge in [0.05, 0.1) is 20.8 Å². The molecule has 1 rings (SSSR count). The standard InChI is InChI=1S/C17H24O6/c1-21-14-11-13(7-8-16(19)20)12-15(22-2)17(14)23-10-6-4-3-5-9-18/h7-8,11-12,18H,3-6,9-10H2,1-2H3,(H,19,20). The zero-order valence-electron chi connectivity index (χ0n) is 13.6. The number of carbonyl (C=O) groups is 1. The number of unbranched alkanes of at least 4 members (excludes halogenated alkanes) is 3. The van der Waals surface area contributed by atoms with E-state index in [0.717, 1.165) is 31.8 Å². The Morgan fingerprint density at radius 3 is 2.22 bits per heavy atom. The van der Waals surface area contributed by atoms with E-state index in [2.05, 4.69) is 0 Å². The molecule has 0 aromatic heterocycles. The molecule has 128 valence electrons. The Morgan fingerprint density at radius 1 is 1.09 bits per heavy atom. The number of rotatable bonds is 11. The fourth-order valence-electron chi connectivity index (χ4n) is 2.05. The number of ether oxygens (including phenoxy) is 3. The lowest BCUT2D eigenvalue weighted by atomic mass is 10.1. The molecule has 0 spiro atoms. The Bertz CT molecular complexity index is 499. The summed E-state index contributed by atoms with van der Waals surface area (Å²) < 4.78 is 16.4. The minimum Gasteiger partial charge on any atom is -0.493 e. The second kappa shape index (κ2) is 10.5. The van der Waals surface area contributed by atoms with Crippen LogP contribution in [0.1, 0.15) is 31.2 Å². The molecule has 1 aromatic rings. The van der Waals surface area contributed by atoms with E-state index < -0.39 is 5.97 Å². The number of aliphatic hydroxyl groups excluding tert-OH is 1. The first-order valence-corrected chi connectivity index (χ1v) is 7.53. The van der Waals surface area contributed by atoms with Crippen molar-refractivity contribution in [1.82, 2.24) is 0 Å². The lowest BCUT2D eigenvalue weighted by Gasteiger charge is -2.15. The van der Waals surface area contributed by atoms with Crippen LogP contribution in [0.5, 0.6) is 17.2 Å². The van der Waals surface area contributed by atoms with Crippen LogP contribution in [0.4, 0.5) is 0 Å². The van der Waals surface area contributed by atoms with Crippen molar-refractivity contribution in [2.24, 2.45) is 0 Å². The number of methoxy groups -OCH3 is 2. The van der Waals surface area contributed by atoms with Gasteiger partial charge in [-0.1, -0.05) is 6.42 Å². The number of aliphatic carboxylic acids is 1. The molecule has 0 aliphatic rings. The van der Waals surface area contributed by atoms with E-state index in [1.807, 2.05) is 0 Å². The highest BCUT2D eigenvalue weighted by Gasteiger charge is 2.13. The van der Waals surface area contributed by atoms with Crippen molar-refractivity contribution >= 4 is 12.0 Å². The third kappa shape index (κ3) is 6.61. The van der Waals surface area contributed by atoms with E-state index in [1.165, 1.54) is 20.3 Å². The Kier molecular flexibility index (Phi) is 8.60. The van der Waals surface area contributed by atoms with Gasteiger partial charge in [0.1, 0.15) is 0 Å². The first-order chi connectivity index (χ1) is 11.1. The van der Waals surface area contributed by atoms with E-state index in [4.69, 9.17) is 24.4 Å². The van der Waals surface area contributed by atoms with Gasteiger partial charge in [0, 0.05) is 12.7 Å². The van der Waals surface area contributed by atoms with Crippen LogP contribution in [0.3, 0.4) is 0 Å². The van der Waals surface area contributed by atoms with Gasteiger partial charge in [-0.05, 0) is 43.0 Å². The average molecular weight is 324 g/mol. The number of carboxylic acids is 1. The maximum absolute atomic E-state index is 10.6. The maximum atomic E-state index is 10.6. The van der Waals surface area contributed by atoms with Gasteiger partial charge in [0.15, 0.2) is 11.5 Å². The molecule has 0 bridgehead atoms. The first-order valence-electron chi connectivity index (χ1n) is 7.53. The molecule has 0 unspecified atom stereocenters. The summed E-state index contributed by atoms with van der Waals surface area (Å²) in [6.45, 7) is 0.732. The third-order valence-electron chi connectivity index (χ3n) is 3.20. The van der Waals surface area contributed by atoms with Gasteiger partial charge < -0.3 is 24.4 Å². The van der Waals surface area contributed by atoms with E-state index in [9.17, 15) is 4.79 Å². The lowest BCUT2D eigenvalue weighted by Crippen LogP contribution is -2.02. The molecular weight excluding hydrogens is 300 g/mol. The molecule has 0 heterocycles. The molecule has 23 heavy (non-hydrogen) atoms.